The molecule has 0 unspecified atom stereocenters. The summed E-state index contributed by atoms with van der Waals surface area (Å²) in [6.45, 7) is 2.39. The standard InChI is InChI=1S/C11H15FN2O2/c1-4-14(2)11(15)13-10-7-8(16-3)5-6-9(10)12/h5-7H,4H2,1-3H3,(H,13,15). The minimum absolute atomic E-state index is 0.115. The van der Waals surface area contributed by atoms with Crippen molar-refractivity contribution < 1.29 is 13.9 Å². The van der Waals surface area contributed by atoms with Gasteiger partial charge < -0.3 is 15.0 Å². The largest absolute Gasteiger partial charge is 0.497 e. The van der Waals surface area contributed by atoms with E-state index in [-0.39, 0.29) is 11.7 Å². The highest BCUT2D eigenvalue weighted by Crippen LogP contribution is 2.21. The molecule has 0 atom stereocenters. The molecule has 0 bridgehead atoms. The average Bonchev–Trinajstić information content (AvgIpc) is 2.30. The van der Waals surface area contributed by atoms with E-state index in [0.29, 0.717) is 12.3 Å². The van der Waals surface area contributed by atoms with Crippen molar-refractivity contribution >= 4 is 11.7 Å². The summed E-state index contributed by atoms with van der Waals surface area (Å²) in [5.41, 5.74) is 0.115. The van der Waals surface area contributed by atoms with Gasteiger partial charge in [0.1, 0.15) is 11.6 Å². The smallest absolute Gasteiger partial charge is 0.321 e. The fraction of sp³-hybridized carbons (Fsp3) is 0.364. The Balaban J connectivity index is 2.83. The summed E-state index contributed by atoms with van der Waals surface area (Å²) in [6.07, 6.45) is 0. The van der Waals surface area contributed by atoms with Crippen molar-refractivity contribution in [2.45, 2.75) is 6.92 Å². The molecule has 0 aliphatic rings. The number of anilines is 1. The first-order valence-corrected chi connectivity index (χ1v) is 4.94. The maximum atomic E-state index is 13.3. The van der Waals surface area contributed by atoms with Gasteiger partial charge in [-0.15, -0.1) is 0 Å². The lowest BCUT2D eigenvalue weighted by Gasteiger charge is -2.16. The Kier molecular flexibility index (Phi) is 4.10. The number of nitrogens with zero attached hydrogens (tertiary/aromatic N) is 1. The van der Waals surface area contributed by atoms with E-state index in [0.717, 1.165) is 0 Å². The lowest BCUT2D eigenvalue weighted by molar-refractivity contribution is 0.224. The van der Waals surface area contributed by atoms with Gasteiger partial charge in [0.15, 0.2) is 0 Å². The van der Waals surface area contributed by atoms with Crippen LogP contribution in [0.4, 0.5) is 14.9 Å². The number of hydrogen-bond acceptors (Lipinski definition) is 2. The zero-order valence-corrected chi connectivity index (χ0v) is 9.58. The van der Waals surface area contributed by atoms with Crippen LogP contribution in [0, 0.1) is 5.82 Å². The first kappa shape index (κ1) is 12.3. The van der Waals surface area contributed by atoms with Crippen LogP contribution in [0.1, 0.15) is 6.92 Å². The maximum Gasteiger partial charge on any atom is 0.321 e. The predicted octanol–water partition coefficient (Wildman–Crippen LogP) is 2.32. The van der Waals surface area contributed by atoms with Crippen LogP contribution < -0.4 is 10.1 Å². The third-order valence-corrected chi connectivity index (χ3v) is 2.24. The fourth-order valence-electron chi connectivity index (χ4n) is 1.08. The molecule has 0 spiro atoms. The number of amides is 2. The van der Waals surface area contributed by atoms with E-state index in [4.69, 9.17) is 4.74 Å². The molecule has 88 valence electrons. The van der Waals surface area contributed by atoms with Crippen LogP contribution in [0.15, 0.2) is 18.2 Å². The van der Waals surface area contributed by atoms with Gasteiger partial charge in [-0.3, -0.25) is 0 Å². The number of carbonyl (C=O) groups is 1. The Bertz CT molecular complexity index is 382. The highest BCUT2D eigenvalue weighted by Gasteiger charge is 2.10. The van der Waals surface area contributed by atoms with Crippen molar-refractivity contribution in [3.8, 4) is 5.75 Å². The van der Waals surface area contributed by atoms with E-state index >= 15 is 0 Å². The third-order valence-electron chi connectivity index (χ3n) is 2.24. The van der Waals surface area contributed by atoms with E-state index in [1.807, 2.05) is 6.92 Å². The predicted molar refractivity (Wildman–Crippen MR) is 60.3 cm³/mol. The molecule has 1 rings (SSSR count). The molecule has 0 aromatic heterocycles. The normalized spacial score (nSPS) is 9.75. The molecule has 5 heteroatoms. The molecule has 0 aliphatic heterocycles. The van der Waals surface area contributed by atoms with Gasteiger partial charge in [0.05, 0.1) is 12.8 Å². The van der Waals surface area contributed by atoms with E-state index in [1.54, 1.807) is 7.05 Å². The summed E-state index contributed by atoms with van der Waals surface area (Å²) in [4.78, 5) is 12.9. The van der Waals surface area contributed by atoms with Gasteiger partial charge in [-0.1, -0.05) is 0 Å². The molecule has 1 aromatic rings. The van der Waals surface area contributed by atoms with Crippen molar-refractivity contribution in [1.82, 2.24) is 4.90 Å². The van der Waals surface area contributed by atoms with Crippen molar-refractivity contribution in [1.29, 1.82) is 0 Å². The van der Waals surface area contributed by atoms with Crippen LogP contribution in [0.2, 0.25) is 0 Å². The van der Waals surface area contributed by atoms with Crippen LogP contribution in [0.25, 0.3) is 0 Å². The van der Waals surface area contributed by atoms with Crippen LogP contribution in [-0.2, 0) is 0 Å². The number of urea groups is 1. The highest BCUT2D eigenvalue weighted by molar-refractivity contribution is 5.89. The number of halogens is 1. The van der Waals surface area contributed by atoms with Crippen molar-refractivity contribution in [2.75, 3.05) is 26.0 Å². The zero-order chi connectivity index (χ0) is 12.1. The number of carbonyl (C=O) groups excluding carboxylic acids is 1. The van der Waals surface area contributed by atoms with Gasteiger partial charge in [0.25, 0.3) is 0 Å². The van der Waals surface area contributed by atoms with E-state index in [2.05, 4.69) is 5.32 Å². The third kappa shape index (κ3) is 2.85. The number of ether oxygens (including phenoxy) is 1. The number of methoxy groups -OCH3 is 1. The SMILES string of the molecule is CCN(C)C(=O)Nc1cc(OC)ccc1F. The molecule has 0 saturated carbocycles. The number of nitrogens with one attached hydrogen (secondary N) is 1. The number of benzene rings is 1. The van der Waals surface area contributed by atoms with E-state index in [1.165, 1.54) is 30.2 Å². The molecule has 0 saturated heterocycles. The molecule has 4 nitrogen and oxygen atoms in total. The number of rotatable bonds is 3. The second kappa shape index (κ2) is 5.34. The van der Waals surface area contributed by atoms with Gasteiger partial charge in [0.2, 0.25) is 0 Å². The molecule has 0 fully saturated rings. The van der Waals surface area contributed by atoms with Crippen LogP contribution >= 0.6 is 0 Å². The van der Waals surface area contributed by atoms with E-state index in [9.17, 15) is 9.18 Å². The molecular formula is C11H15FN2O2. The molecular weight excluding hydrogens is 211 g/mol. The second-order valence-electron chi connectivity index (χ2n) is 3.29. The summed E-state index contributed by atoms with van der Waals surface area (Å²) in [5, 5.41) is 2.47. The highest BCUT2D eigenvalue weighted by atomic mass is 19.1. The Hall–Kier alpha value is -1.78. The minimum atomic E-state index is -0.487. The Labute approximate surface area is 94.0 Å². The lowest BCUT2D eigenvalue weighted by atomic mass is 10.3. The average molecular weight is 226 g/mol. The molecule has 1 aromatic carbocycles. The van der Waals surface area contributed by atoms with Crippen molar-refractivity contribution in [3.05, 3.63) is 24.0 Å². The fourth-order valence-corrected chi connectivity index (χ4v) is 1.08. The van der Waals surface area contributed by atoms with Crippen LogP contribution in [-0.4, -0.2) is 31.6 Å². The zero-order valence-electron chi connectivity index (χ0n) is 9.58. The van der Waals surface area contributed by atoms with Crippen molar-refractivity contribution in [2.24, 2.45) is 0 Å². The summed E-state index contributed by atoms with van der Waals surface area (Å²) >= 11 is 0. The molecule has 0 radical (unpaired) electrons. The molecule has 0 heterocycles. The molecule has 2 amide bonds. The maximum absolute atomic E-state index is 13.3. The number of hydrogen-bond donors (Lipinski definition) is 1. The van der Waals surface area contributed by atoms with Gasteiger partial charge in [-0.2, -0.15) is 0 Å². The summed E-state index contributed by atoms with van der Waals surface area (Å²) in [7, 11) is 3.12. The first-order valence-electron chi connectivity index (χ1n) is 4.94. The summed E-state index contributed by atoms with van der Waals surface area (Å²) in [5.74, 6) is 0.00880. The molecule has 16 heavy (non-hydrogen) atoms. The Morgan fingerprint density at radius 2 is 2.25 bits per heavy atom. The Morgan fingerprint density at radius 3 is 2.81 bits per heavy atom. The Morgan fingerprint density at radius 1 is 1.56 bits per heavy atom. The van der Waals surface area contributed by atoms with Crippen LogP contribution in [0.3, 0.4) is 0 Å². The molecule has 1 N–H and O–H groups in total. The lowest BCUT2D eigenvalue weighted by Crippen LogP contribution is -2.31. The minimum Gasteiger partial charge on any atom is -0.497 e. The quantitative estimate of drug-likeness (QED) is 0.859. The van der Waals surface area contributed by atoms with Gasteiger partial charge in [0, 0.05) is 19.7 Å². The van der Waals surface area contributed by atoms with Gasteiger partial charge in [-0.25, -0.2) is 9.18 Å². The summed E-state index contributed by atoms with van der Waals surface area (Å²) < 4.78 is 18.3. The van der Waals surface area contributed by atoms with E-state index < -0.39 is 5.82 Å². The first-order chi connectivity index (χ1) is 7.58. The molecule has 0 aliphatic carbocycles. The van der Waals surface area contributed by atoms with Gasteiger partial charge in [-0.05, 0) is 19.1 Å². The monoisotopic (exact) mass is 226 g/mol. The topological polar surface area (TPSA) is 41.6 Å². The van der Waals surface area contributed by atoms with Crippen LogP contribution in [0.5, 0.6) is 5.75 Å². The van der Waals surface area contributed by atoms with Crippen molar-refractivity contribution in [3.63, 3.8) is 0 Å². The summed E-state index contributed by atoms with van der Waals surface area (Å²) in [6, 6.07) is 3.83. The second-order valence-corrected chi connectivity index (χ2v) is 3.29. The van der Waals surface area contributed by atoms with Gasteiger partial charge >= 0.3 is 6.03 Å².